The van der Waals surface area contributed by atoms with Crippen LogP contribution in [0.25, 0.3) is 0 Å². The smallest absolute Gasteiger partial charge is 0.249 e. The number of piperidine rings is 1. The number of amides is 1. The van der Waals surface area contributed by atoms with Crippen molar-refractivity contribution in [2.45, 2.75) is 44.8 Å². The summed E-state index contributed by atoms with van der Waals surface area (Å²) in [5.41, 5.74) is 0.924. The maximum atomic E-state index is 12.2. The number of hydrogen-bond acceptors (Lipinski definition) is 5. The van der Waals surface area contributed by atoms with E-state index in [0.29, 0.717) is 11.8 Å². The number of nitrogens with one attached hydrogen (secondary N) is 1. The molecule has 1 aromatic rings. The molecule has 1 N–H and O–H groups in total. The zero-order valence-corrected chi connectivity index (χ0v) is 13.6. The highest BCUT2D eigenvalue weighted by atomic mass is 16.5. The summed E-state index contributed by atoms with van der Waals surface area (Å²) in [6.45, 7) is 4.51. The molecule has 1 aliphatic carbocycles. The average molecular weight is 316 g/mol. The summed E-state index contributed by atoms with van der Waals surface area (Å²) < 4.78 is 6.05. The molecular weight excluding hydrogens is 292 g/mol. The molecule has 23 heavy (non-hydrogen) atoms. The quantitative estimate of drug-likeness (QED) is 0.907. The molecule has 6 heteroatoms. The summed E-state index contributed by atoms with van der Waals surface area (Å²) in [4.78, 5) is 14.5. The van der Waals surface area contributed by atoms with Gasteiger partial charge in [-0.2, -0.15) is 5.10 Å². The number of carbonyl (C=O) groups is 1. The van der Waals surface area contributed by atoms with Gasteiger partial charge in [-0.25, -0.2) is 0 Å². The standard InChI is InChI=1S/C17H24N4O2/c1-11-2-5-16(20-19-11)21-7-6-13-8-14(23-15(13)10-21)17(22)18-9-12-3-4-12/h2,5,12-15H,3-4,6-10H2,1H3,(H,18,22)/t13-,14-,15+/m1/s1. The van der Waals surface area contributed by atoms with Crippen molar-refractivity contribution >= 4 is 11.7 Å². The van der Waals surface area contributed by atoms with Gasteiger partial charge in [0, 0.05) is 19.6 Å². The molecule has 2 aliphatic heterocycles. The lowest BCUT2D eigenvalue weighted by atomic mass is 9.91. The molecule has 3 heterocycles. The SMILES string of the molecule is Cc1ccc(N2CC[C@@H]3C[C@H](C(=O)NCC4CC4)O[C@H]3C2)nn1. The minimum atomic E-state index is -0.271. The van der Waals surface area contributed by atoms with Gasteiger partial charge in [0.05, 0.1) is 11.8 Å². The fourth-order valence-corrected chi connectivity index (χ4v) is 3.55. The molecule has 3 fully saturated rings. The molecular formula is C17H24N4O2. The molecule has 3 aliphatic rings. The van der Waals surface area contributed by atoms with Crippen molar-refractivity contribution in [1.29, 1.82) is 0 Å². The number of nitrogens with zero attached hydrogens (tertiary/aromatic N) is 3. The lowest BCUT2D eigenvalue weighted by molar-refractivity contribution is -0.132. The van der Waals surface area contributed by atoms with Crippen molar-refractivity contribution in [2.24, 2.45) is 11.8 Å². The van der Waals surface area contributed by atoms with E-state index < -0.39 is 0 Å². The van der Waals surface area contributed by atoms with Crippen molar-refractivity contribution < 1.29 is 9.53 Å². The Balaban J connectivity index is 1.34. The van der Waals surface area contributed by atoms with Gasteiger partial charge in [-0.1, -0.05) is 0 Å². The van der Waals surface area contributed by atoms with Gasteiger partial charge in [-0.05, 0) is 56.6 Å². The number of hydrogen-bond donors (Lipinski definition) is 1. The first kappa shape index (κ1) is 14.9. The van der Waals surface area contributed by atoms with Crippen molar-refractivity contribution in [1.82, 2.24) is 15.5 Å². The highest BCUT2D eigenvalue weighted by molar-refractivity contribution is 5.81. The van der Waals surface area contributed by atoms with E-state index in [2.05, 4.69) is 20.4 Å². The molecule has 6 nitrogen and oxygen atoms in total. The summed E-state index contributed by atoms with van der Waals surface area (Å²) in [6.07, 6.45) is 4.27. The van der Waals surface area contributed by atoms with Crippen molar-refractivity contribution in [3.63, 3.8) is 0 Å². The van der Waals surface area contributed by atoms with Crippen LogP contribution in [0.4, 0.5) is 5.82 Å². The molecule has 0 aromatic carbocycles. The third kappa shape index (κ3) is 3.32. The molecule has 0 spiro atoms. The van der Waals surface area contributed by atoms with Crippen LogP contribution >= 0.6 is 0 Å². The lowest BCUT2D eigenvalue weighted by Crippen LogP contribution is -2.43. The molecule has 1 aromatic heterocycles. The van der Waals surface area contributed by atoms with Gasteiger partial charge in [0.15, 0.2) is 5.82 Å². The van der Waals surface area contributed by atoms with Gasteiger partial charge >= 0.3 is 0 Å². The minimum absolute atomic E-state index is 0.0768. The number of aryl methyl sites for hydroxylation is 1. The molecule has 3 atom stereocenters. The Bertz CT molecular complexity index is 572. The van der Waals surface area contributed by atoms with E-state index in [1.54, 1.807) is 0 Å². The van der Waals surface area contributed by atoms with E-state index in [-0.39, 0.29) is 18.1 Å². The maximum Gasteiger partial charge on any atom is 0.249 e. The van der Waals surface area contributed by atoms with Gasteiger partial charge in [-0.15, -0.1) is 5.10 Å². The van der Waals surface area contributed by atoms with Gasteiger partial charge < -0.3 is 15.0 Å². The third-order valence-electron chi connectivity index (χ3n) is 5.21. The van der Waals surface area contributed by atoms with Crippen LogP contribution < -0.4 is 10.2 Å². The van der Waals surface area contributed by atoms with Gasteiger partial charge in [-0.3, -0.25) is 4.79 Å². The van der Waals surface area contributed by atoms with Gasteiger partial charge in [0.1, 0.15) is 6.10 Å². The largest absolute Gasteiger partial charge is 0.363 e. The van der Waals surface area contributed by atoms with Crippen LogP contribution in [-0.4, -0.2) is 47.9 Å². The molecule has 4 rings (SSSR count). The predicted molar refractivity (Wildman–Crippen MR) is 86.1 cm³/mol. The van der Waals surface area contributed by atoms with E-state index in [1.807, 2.05) is 19.1 Å². The highest BCUT2D eigenvalue weighted by Gasteiger charge is 2.42. The fourth-order valence-electron chi connectivity index (χ4n) is 3.55. The first-order valence-corrected chi connectivity index (χ1v) is 8.67. The Morgan fingerprint density at radius 2 is 2.22 bits per heavy atom. The average Bonchev–Trinajstić information content (AvgIpc) is 3.29. The Morgan fingerprint density at radius 3 is 2.96 bits per heavy atom. The highest BCUT2D eigenvalue weighted by Crippen LogP contribution is 2.34. The fraction of sp³-hybridized carbons (Fsp3) is 0.706. The Hall–Kier alpha value is -1.69. The second-order valence-corrected chi connectivity index (χ2v) is 7.12. The summed E-state index contributed by atoms with van der Waals surface area (Å²) in [6, 6.07) is 4.00. The summed E-state index contributed by atoms with van der Waals surface area (Å²) in [7, 11) is 0. The van der Waals surface area contributed by atoms with E-state index in [4.69, 9.17) is 4.74 Å². The number of carbonyl (C=O) groups excluding carboxylic acids is 1. The number of ether oxygens (including phenoxy) is 1. The van der Waals surface area contributed by atoms with E-state index in [0.717, 1.165) is 44.0 Å². The number of fused-ring (bicyclic) bond motifs is 1. The van der Waals surface area contributed by atoms with Crippen LogP contribution in [0.15, 0.2) is 12.1 Å². The topological polar surface area (TPSA) is 67.4 Å². The molecule has 1 amide bonds. The molecule has 0 radical (unpaired) electrons. The van der Waals surface area contributed by atoms with Crippen LogP contribution in [0.3, 0.4) is 0 Å². The first-order chi connectivity index (χ1) is 11.2. The van der Waals surface area contributed by atoms with Crippen LogP contribution in [0.1, 0.15) is 31.4 Å². The van der Waals surface area contributed by atoms with Crippen LogP contribution in [0.2, 0.25) is 0 Å². The lowest BCUT2D eigenvalue weighted by Gasteiger charge is -2.34. The van der Waals surface area contributed by atoms with Gasteiger partial charge in [0.25, 0.3) is 0 Å². The van der Waals surface area contributed by atoms with E-state index >= 15 is 0 Å². The molecule has 2 saturated heterocycles. The number of aromatic nitrogens is 2. The zero-order chi connectivity index (χ0) is 15.8. The molecule has 124 valence electrons. The summed E-state index contributed by atoms with van der Waals surface area (Å²) >= 11 is 0. The second-order valence-electron chi connectivity index (χ2n) is 7.12. The molecule has 1 saturated carbocycles. The Morgan fingerprint density at radius 1 is 1.35 bits per heavy atom. The normalized spacial score (nSPS) is 30.1. The Labute approximate surface area is 136 Å². The monoisotopic (exact) mass is 316 g/mol. The molecule has 0 bridgehead atoms. The van der Waals surface area contributed by atoms with Crippen LogP contribution in [0, 0.1) is 18.8 Å². The first-order valence-electron chi connectivity index (χ1n) is 8.67. The van der Waals surface area contributed by atoms with Gasteiger partial charge in [0.2, 0.25) is 5.91 Å². The van der Waals surface area contributed by atoms with Crippen molar-refractivity contribution in [3.8, 4) is 0 Å². The zero-order valence-electron chi connectivity index (χ0n) is 13.6. The maximum absolute atomic E-state index is 12.2. The minimum Gasteiger partial charge on any atom is -0.363 e. The number of rotatable bonds is 4. The van der Waals surface area contributed by atoms with E-state index in [1.165, 1.54) is 12.8 Å². The summed E-state index contributed by atoms with van der Waals surface area (Å²) in [5.74, 6) is 2.17. The van der Waals surface area contributed by atoms with Crippen molar-refractivity contribution in [2.75, 3.05) is 24.5 Å². The van der Waals surface area contributed by atoms with E-state index in [9.17, 15) is 4.79 Å². The predicted octanol–water partition coefficient (Wildman–Crippen LogP) is 1.30. The summed E-state index contributed by atoms with van der Waals surface area (Å²) in [5, 5.41) is 11.4. The number of anilines is 1. The Kier molecular flexibility index (Phi) is 3.93. The van der Waals surface area contributed by atoms with Crippen LogP contribution in [0.5, 0.6) is 0 Å². The third-order valence-corrected chi connectivity index (χ3v) is 5.21. The van der Waals surface area contributed by atoms with Crippen molar-refractivity contribution in [3.05, 3.63) is 17.8 Å². The molecule has 0 unspecified atom stereocenters. The van der Waals surface area contributed by atoms with Crippen LogP contribution in [-0.2, 0) is 9.53 Å². The second kappa shape index (κ2) is 6.07.